The van der Waals surface area contributed by atoms with Crippen molar-refractivity contribution in [3.05, 3.63) is 36.3 Å². The first-order valence-corrected chi connectivity index (χ1v) is 6.93. The molecule has 1 aliphatic rings. The first-order valence-electron chi connectivity index (χ1n) is 6.93. The number of piperazine rings is 1. The van der Waals surface area contributed by atoms with E-state index in [-0.39, 0.29) is 17.8 Å². The van der Waals surface area contributed by atoms with Crippen molar-refractivity contribution in [1.29, 1.82) is 0 Å². The van der Waals surface area contributed by atoms with E-state index in [2.05, 4.69) is 5.32 Å². The number of carbonyl (C=O) groups is 1. The van der Waals surface area contributed by atoms with Crippen LogP contribution in [0.25, 0.3) is 10.9 Å². The highest BCUT2D eigenvalue weighted by Gasteiger charge is 2.24. The second kappa shape index (κ2) is 5.25. The third kappa shape index (κ3) is 2.18. The number of aromatic nitrogens is 1. The second-order valence-corrected chi connectivity index (χ2v) is 5.15. The Morgan fingerprint density at radius 1 is 1.30 bits per heavy atom. The monoisotopic (exact) mass is 275 g/mol. The average molecular weight is 275 g/mol. The Kier molecular flexibility index (Phi) is 3.44. The molecule has 5 heteroatoms. The molecule has 0 aliphatic carbocycles. The highest BCUT2D eigenvalue weighted by molar-refractivity contribution is 5.86. The zero-order valence-corrected chi connectivity index (χ0v) is 11.5. The lowest BCUT2D eigenvalue weighted by atomic mass is 10.2. The number of rotatable bonds is 2. The number of benzene rings is 1. The van der Waals surface area contributed by atoms with Crippen LogP contribution in [-0.4, -0.2) is 41.6 Å². The molecule has 0 saturated carbocycles. The van der Waals surface area contributed by atoms with Crippen molar-refractivity contribution in [3.8, 4) is 0 Å². The normalized spacial score (nSPS) is 17.4. The maximum absolute atomic E-state index is 13.7. The average Bonchev–Trinajstić information content (AvgIpc) is 2.92. The number of carbonyl (C=O) groups excluding carboxylic acids is 1. The number of hydrogen-bond donors (Lipinski definition) is 1. The van der Waals surface area contributed by atoms with Crippen molar-refractivity contribution >= 4 is 16.8 Å². The smallest absolute Gasteiger partial charge is 0.245 e. The van der Waals surface area contributed by atoms with Crippen molar-refractivity contribution in [2.24, 2.45) is 0 Å². The van der Waals surface area contributed by atoms with Crippen LogP contribution in [0.4, 0.5) is 4.39 Å². The summed E-state index contributed by atoms with van der Waals surface area (Å²) in [6.45, 7) is 5.00. The number of halogens is 1. The van der Waals surface area contributed by atoms with Gasteiger partial charge in [0.15, 0.2) is 0 Å². The predicted molar refractivity (Wildman–Crippen MR) is 76.1 cm³/mol. The molecule has 106 valence electrons. The maximum atomic E-state index is 13.7. The van der Waals surface area contributed by atoms with E-state index in [9.17, 15) is 9.18 Å². The number of fused-ring (bicyclic) bond motifs is 1. The lowest BCUT2D eigenvalue weighted by Crippen LogP contribution is -2.48. The minimum Gasteiger partial charge on any atom is -0.338 e. The highest BCUT2D eigenvalue weighted by Crippen LogP contribution is 2.23. The molecule has 1 amide bonds. The number of hydrogen-bond acceptors (Lipinski definition) is 2. The molecule has 2 heterocycles. The van der Waals surface area contributed by atoms with Crippen molar-refractivity contribution in [2.45, 2.75) is 13.0 Å². The first kappa shape index (κ1) is 13.1. The Morgan fingerprint density at radius 3 is 2.80 bits per heavy atom. The number of nitrogens with zero attached hydrogens (tertiary/aromatic N) is 2. The van der Waals surface area contributed by atoms with Gasteiger partial charge in [-0.2, -0.15) is 0 Å². The topological polar surface area (TPSA) is 37.3 Å². The van der Waals surface area contributed by atoms with Crippen LogP contribution >= 0.6 is 0 Å². The molecule has 1 atom stereocenters. The van der Waals surface area contributed by atoms with Gasteiger partial charge in [-0.1, -0.05) is 6.07 Å². The van der Waals surface area contributed by atoms with Crippen LogP contribution in [0, 0.1) is 5.82 Å². The molecule has 1 unspecified atom stereocenters. The van der Waals surface area contributed by atoms with Crippen LogP contribution in [0.5, 0.6) is 0 Å². The molecule has 20 heavy (non-hydrogen) atoms. The van der Waals surface area contributed by atoms with Gasteiger partial charge in [0, 0.05) is 37.8 Å². The van der Waals surface area contributed by atoms with Gasteiger partial charge in [-0.15, -0.1) is 0 Å². The molecule has 0 bridgehead atoms. The lowest BCUT2D eigenvalue weighted by molar-refractivity contribution is -0.134. The minimum atomic E-state index is -0.313. The highest BCUT2D eigenvalue weighted by atomic mass is 19.1. The molecule has 1 fully saturated rings. The van der Waals surface area contributed by atoms with Crippen LogP contribution in [0.3, 0.4) is 0 Å². The van der Waals surface area contributed by atoms with Crippen molar-refractivity contribution in [3.63, 3.8) is 0 Å². The second-order valence-electron chi connectivity index (χ2n) is 5.15. The fraction of sp³-hybridized carbons (Fsp3) is 0.400. The van der Waals surface area contributed by atoms with Crippen molar-refractivity contribution < 1.29 is 9.18 Å². The molecule has 1 aromatic heterocycles. The van der Waals surface area contributed by atoms with Crippen LogP contribution in [-0.2, 0) is 4.79 Å². The van der Waals surface area contributed by atoms with Gasteiger partial charge < -0.3 is 14.8 Å². The zero-order chi connectivity index (χ0) is 14.1. The van der Waals surface area contributed by atoms with E-state index in [4.69, 9.17) is 0 Å². The summed E-state index contributed by atoms with van der Waals surface area (Å²) in [6, 6.07) is 6.38. The molecule has 2 aromatic rings. The van der Waals surface area contributed by atoms with Crippen LogP contribution in [0.1, 0.15) is 13.0 Å². The number of nitrogens with one attached hydrogen (secondary N) is 1. The van der Waals surface area contributed by atoms with Gasteiger partial charge in [0.25, 0.3) is 0 Å². The van der Waals surface area contributed by atoms with E-state index in [1.165, 1.54) is 6.07 Å². The zero-order valence-electron chi connectivity index (χ0n) is 11.5. The Labute approximate surface area is 117 Å². The molecular formula is C15H18FN3O. The Bertz CT molecular complexity index is 631. The summed E-state index contributed by atoms with van der Waals surface area (Å²) >= 11 is 0. The molecular weight excluding hydrogens is 257 g/mol. The van der Waals surface area contributed by atoms with Gasteiger partial charge in [0.05, 0.1) is 5.52 Å². The van der Waals surface area contributed by atoms with Crippen LogP contribution < -0.4 is 5.32 Å². The fourth-order valence-electron chi connectivity index (χ4n) is 2.76. The predicted octanol–water partition coefficient (Wildman–Crippen LogP) is 1.77. The quantitative estimate of drug-likeness (QED) is 0.907. The standard InChI is InChI=1S/C15H18FN3O/c1-11(15(20)18-9-6-17-7-10-18)19-8-5-12-13(16)3-2-4-14(12)19/h2-5,8,11,17H,6-7,9-10H2,1H3. The third-order valence-corrected chi connectivity index (χ3v) is 3.91. The first-order chi connectivity index (χ1) is 9.68. The van der Waals surface area contributed by atoms with Gasteiger partial charge in [0.2, 0.25) is 5.91 Å². The lowest BCUT2D eigenvalue weighted by Gasteiger charge is -2.30. The summed E-state index contributed by atoms with van der Waals surface area (Å²) in [5, 5.41) is 3.79. The van der Waals surface area contributed by atoms with Crippen LogP contribution in [0.2, 0.25) is 0 Å². The van der Waals surface area contributed by atoms with Gasteiger partial charge >= 0.3 is 0 Å². The summed E-state index contributed by atoms with van der Waals surface area (Å²) in [6.07, 6.45) is 1.79. The van der Waals surface area contributed by atoms with E-state index >= 15 is 0 Å². The maximum Gasteiger partial charge on any atom is 0.245 e. The minimum absolute atomic E-state index is 0.0910. The summed E-state index contributed by atoms with van der Waals surface area (Å²) in [7, 11) is 0. The molecule has 1 N–H and O–H groups in total. The van der Waals surface area contributed by atoms with E-state index in [0.29, 0.717) is 5.39 Å². The Hall–Kier alpha value is -1.88. The molecule has 1 aromatic carbocycles. The molecule has 0 spiro atoms. The molecule has 4 nitrogen and oxygen atoms in total. The molecule has 0 radical (unpaired) electrons. The van der Waals surface area contributed by atoms with E-state index in [1.54, 1.807) is 18.3 Å². The third-order valence-electron chi connectivity index (χ3n) is 3.91. The fourth-order valence-corrected chi connectivity index (χ4v) is 2.76. The number of amides is 1. The molecule has 1 saturated heterocycles. The SMILES string of the molecule is CC(C(=O)N1CCNCC1)n1ccc2c(F)cccc21. The summed E-state index contributed by atoms with van der Waals surface area (Å²) in [4.78, 5) is 14.4. The van der Waals surface area contributed by atoms with Crippen LogP contribution in [0.15, 0.2) is 30.5 Å². The molecule has 3 rings (SSSR count). The Balaban J connectivity index is 1.90. The van der Waals surface area contributed by atoms with E-state index in [0.717, 1.165) is 31.7 Å². The summed E-state index contributed by atoms with van der Waals surface area (Å²) in [5.41, 5.74) is 0.765. The van der Waals surface area contributed by atoms with Gasteiger partial charge in [-0.3, -0.25) is 4.79 Å². The summed E-state index contributed by atoms with van der Waals surface area (Å²) in [5.74, 6) is -0.156. The Morgan fingerprint density at radius 2 is 2.05 bits per heavy atom. The van der Waals surface area contributed by atoms with Gasteiger partial charge in [0.1, 0.15) is 11.9 Å². The van der Waals surface area contributed by atoms with E-state index < -0.39 is 0 Å². The molecule has 1 aliphatic heterocycles. The van der Waals surface area contributed by atoms with Crippen molar-refractivity contribution in [2.75, 3.05) is 26.2 Å². The van der Waals surface area contributed by atoms with Gasteiger partial charge in [-0.05, 0) is 25.1 Å². The van der Waals surface area contributed by atoms with Crippen molar-refractivity contribution in [1.82, 2.24) is 14.8 Å². The summed E-state index contributed by atoms with van der Waals surface area (Å²) < 4.78 is 15.6. The largest absolute Gasteiger partial charge is 0.338 e. The van der Waals surface area contributed by atoms with E-state index in [1.807, 2.05) is 22.5 Å². The van der Waals surface area contributed by atoms with Gasteiger partial charge in [-0.25, -0.2) is 4.39 Å².